The lowest BCUT2D eigenvalue weighted by atomic mass is 10.1. The smallest absolute Gasteiger partial charge is 0.277 e. The first-order chi connectivity index (χ1) is 12.5. The molecule has 0 fully saturated rings. The van der Waals surface area contributed by atoms with Gasteiger partial charge in [-0.15, -0.1) is 11.3 Å². The number of hydrogen-bond donors (Lipinski definition) is 1. The zero-order valence-corrected chi connectivity index (χ0v) is 15.7. The van der Waals surface area contributed by atoms with Crippen molar-refractivity contribution in [2.75, 3.05) is 5.32 Å². The van der Waals surface area contributed by atoms with Gasteiger partial charge in [-0.05, 0) is 30.2 Å². The average molecular weight is 389 g/mol. The fraction of sp³-hybridized carbons (Fsp3) is 0.222. The molecular weight excluding hydrogens is 372 g/mol. The van der Waals surface area contributed by atoms with Crippen LogP contribution in [0.4, 0.5) is 5.13 Å². The highest BCUT2D eigenvalue weighted by atomic mass is 35.5. The zero-order chi connectivity index (χ0) is 18.5. The summed E-state index contributed by atoms with van der Waals surface area (Å²) in [4.78, 5) is 29.3. The fourth-order valence-electron chi connectivity index (χ4n) is 2.35. The molecule has 1 amide bonds. The lowest BCUT2D eigenvalue weighted by molar-refractivity contribution is 0.101. The van der Waals surface area contributed by atoms with Crippen molar-refractivity contribution >= 4 is 34.0 Å². The van der Waals surface area contributed by atoms with Gasteiger partial charge in [-0.3, -0.25) is 14.9 Å². The summed E-state index contributed by atoms with van der Waals surface area (Å²) >= 11 is 7.29. The van der Waals surface area contributed by atoms with Crippen LogP contribution < -0.4 is 10.9 Å². The van der Waals surface area contributed by atoms with Crippen LogP contribution in [0.5, 0.6) is 0 Å². The molecule has 2 aromatic heterocycles. The second kappa shape index (κ2) is 8.25. The third-order valence-corrected chi connectivity index (χ3v) is 4.77. The van der Waals surface area contributed by atoms with Crippen LogP contribution in [0, 0.1) is 0 Å². The Bertz CT molecular complexity index is 966. The molecular formula is C18H17ClN4O2S. The van der Waals surface area contributed by atoms with Crippen molar-refractivity contribution in [2.45, 2.75) is 26.3 Å². The van der Waals surface area contributed by atoms with E-state index in [-0.39, 0.29) is 17.2 Å². The third kappa shape index (κ3) is 4.56. The first-order valence-corrected chi connectivity index (χ1v) is 9.33. The topological polar surface area (TPSA) is 76.9 Å². The van der Waals surface area contributed by atoms with E-state index in [9.17, 15) is 9.59 Å². The molecule has 0 aliphatic heterocycles. The van der Waals surface area contributed by atoms with Crippen molar-refractivity contribution in [2.24, 2.45) is 0 Å². The molecule has 8 heteroatoms. The Kier molecular flexibility index (Phi) is 5.80. The largest absolute Gasteiger partial charge is 0.296 e. The number of aryl methyl sites for hydroxylation is 1. The summed E-state index contributed by atoms with van der Waals surface area (Å²) in [5, 5.41) is 8.02. The quantitative estimate of drug-likeness (QED) is 0.699. The van der Waals surface area contributed by atoms with Gasteiger partial charge in [0.15, 0.2) is 5.13 Å². The fourth-order valence-corrected chi connectivity index (χ4v) is 3.32. The molecule has 0 bridgehead atoms. The molecule has 0 radical (unpaired) electrons. The number of halogens is 1. The van der Waals surface area contributed by atoms with Crippen LogP contribution >= 0.6 is 22.9 Å². The number of anilines is 1. The first kappa shape index (κ1) is 18.3. The number of rotatable bonds is 6. The number of hydrogen-bond acceptors (Lipinski definition) is 5. The van der Waals surface area contributed by atoms with E-state index in [1.165, 1.54) is 28.2 Å². The number of nitrogens with one attached hydrogen (secondary N) is 1. The molecule has 2 heterocycles. The van der Waals surface area contributed by atoms with Gasteiger partial charge in [-0.25, -0.2) is 9.67 Å². The van der Waals surface area contributed by atoms with Crippen molar-refractivity contribution in [3.63, 3.8) is 0 Å². The van der Waals surface area contributed by atoms with Crippen molar-refractivity contribution in [3.8, 4) is 0 Å². The molecule has 1 aromatic carbocycles. The van der Waals surface area contributed by atoms with E-state index in [2.05, 4.69) is 15.4 Å². The van der Waals surface area contributed by atoms with E-state index >= 15 is 0 Å². The summed E-state index contributed by atoms with van der Waals surface area (Å²) in [6.07, 6.45) is 3.21. The van der Waals surface area contributed by atoms with E-state index in [0.717, 1.165) is 16.9 Å². The Morgan fingerprint density at radius 1 is 1.23 bits per heavy atom. The Morgan fingerprint density at radius 2 is 2.00 bits per heavy atom. The summed E-state index contributed by atoms with van der Waals surface area (Å²) in [7, 11) is 0. The second-order valence-corrected chi connectivity index (χ2v) is 7.22. The minimum absolute atomic E-state index is 0.188. The van der Waals surface area contributed by atoms with Crippen LogP contribution in [-0.4, -0.2) is 20.7 Å². The predicted octanol–water partition coefficient (Wildman–Crippen LogP) is 3.61. The van der Waals surface area contributed by atoms with Crippen molar-refractivity contribution in [1.29, 1.82) is 0 Å². The summed E-state index contributed by atoms with van der Waals surface area (Å²) in [5.41, 5.74) is 1.08. The summed E-state index contributed by atoms with van der Waals surface area (Å²) in [5.74, 6) is -0.387. The van der Waals surface area contributed by atoms with Crippen LogP contribution in [0.1, 0.15) is 34.3 Å². The standard InChI is InChI=1S/C18H17ClN4O2S/c1-2-9-23-16(24)8-7-15(22-23)17(25)21-18-20-11-14(26-18)10-12-3-5-13(19)6-4-12/h3-8,11H,2,9-10H2,1H3,(H,20,21,25). The number of carbonyl (C=O) groups excluding carboxylic acids is 1. The molecule has 0 unspecified atom stereocenters. The molecule has 0 atom stereocenters. The summed E-state index contributed by atoms with van der Waals surface area (Å²) in [6, 6.07) is 10.4. The van der Waals surface area contributed by atoms with Gasteiger partial charge in [0, 0.05) is 35.1 Å². The van der Waals surface area contributed by atoms with Gasteiger partial charge < -0.3 is 0 Å². The SMILES string of the molecule is CCCn1nc(C(=O)Nc2ncc(Cc3ccc(Cl)cc3)s2)ccc1=O. The van der Waals surface area contributed by atoms with E-state index in [0.29, 0.717) is 23.1 Å². The molecule has 26 heavy (non-hydrogen) atoms. The predicted molar refractivity (Wildman–Crippen MR) is 103 cm³/mol. The van der Waals surface area contributed by atoms with Gasteiger partial charge in [0.1, 0.15) is 5.69 Å². The van der Waals surface area contributed by atoms with Gasteiger partial charge in [0.2, 0.25) is 0 Å². The third-order valence-electron chi connectivity index (χ3n) is 3.60. The molecule has 134 valence electrons. The van der Waals surface area contributed by atoms with Crippen LogP contribution in [0.25, 0.3) is 0 Å². The number of carbonyl (C=O) groups is 1. The number of benzene rings is 1. The average Bonchev–Trinajstić information content (AvgIpc) is 3.06. The maximum Gasteiger partial charge on any atom is 0.277 e. The Balaban J connectivity index is 1.68. The molecule has 0 saturated carbocycles. The van der Waals surface area contributed by atoms with Crippen LogP contribution in [0.2, 0.25) is 5.02 Å². The number of thiazole rings is 1. The van der Waals surface area contributed by atoms with E-state index in [4.69, 9.17) is 11.6 Å². The Morgan fingerprint density at radius 3 is 2.73 bits per heavy atom. The highest BCUT2D eigenvalue weighted by molar-refractivity contribution is 7.15. The lowest BCUT2D eigenvalue weighted by Gasteiger charge is -2.05. The monoisotopic (exact) mass is 388 g/mol. The first-order valence-electron chi connectivity index (χ1n) is 8.14. The van der Waals surface area contributed by atoms with Crippen LogP contribution in [-0.2, 0) is 13.0 Å². The highest BCUT2D eigenvalue weighted by Crippen LogP contribution is 2.22. The maximum absolute atomic E-state index is 12.3. The van der Waals surface area contributed by atoms with Gasteiger partial charge >= 0.3 is 0 Å². The van der Waals surface area contributed by atoms with Gasteiger partial charge in [-0.1, -0.05) is 30.7 Å². The number of aromatic nitrogens is 3. The minimum atomic E-state index is -0.387. The van der Waals surface area contributed by atoms with E-state index in [1.807, 2.05) is 31.2 Å². The number of nitrogens with zero attached hydrogens (tertiary/aromatic N) is 3. The molecule has 0 saturated heterocycles. The van der Waals surface area contributed by atoms with Gasteiger partial charge in [0.05, 0.1) is 0 Å². The summed E-state index contributed by atoms with van der Waals surface area (Å²) < 4.78 is 1.29. The minimum Gasteiger partial charge on any atom is -0.296 e. The Hall–Kier alpha value is -2.51. The van der Waals surface area contributed by atoms with Crippen LogP contribution in [0.3, 0.4) is 0 Å². The van der Waals surface area contributed by atoms with Crippen molar-refractivity contribution in [1.82, 2.24) is 14.8 Å². The van der Waals surface area contributed by atoms with E-state index in [1.54, 1.807) is 6.20 Å². The summed E-state index contributed by atoms with van der Waals surface area (Å²) in [6.45, 7) is 2.42. The maximum atomic E-state index is 12.3. The molecule has 0 aliphatic carbocycles. The molecule has 1 N–H and O–H groups in total. The molecule has 6 nitrogen and oxygen atoms in total. The second-order valence-electron chi connectivity index (χ2n) is 5.67. The van der Waals surface area contributed by atoms with Crippen LogP contribution in [0.15, 0.2) is 47.4 Å². The van der Waals surface area contributed by atoms with E-state index < -0.39 is 0 Å². The van der Waals surface area contributed by atoms with Gasteiger partial charge in [-0.2, -0.15) is 5.10 Å². The molecule has 3 rings (SSSR count). The number of amides is 1. The molecule has 3 aromatic rings. The highest BCUT2D eigenvalue weighted by Gasteiger charge is 2.12. The molecule has 0 aliphatic rings. The normalized spacial score (nSPS) is 10.7. The van der Waals surface area contributed by atoms with Crippen molar-refractivity contribution < 1.29 is 4.79 Å². The zero-order valence-electron chi connectivity index (χ0n) is 14.1. The van der Waals surface area contributed by atoms with Crippen molar-refractivity contribution in [3.05, 3.63) is 74.1 Å². The van der Waals surface area contributed by atoms with Gasteiger partial charge in [0.25, 0.3) is 11.5 Å². The lowest BCUT2D eigenvalue weighted by Crippen LogP contribution is -2.26. The molecule has 0 spiro atoms. The Labute approximate surface area is 159 Å².